The first kappa shape index (κ1) is 14.8. The second-order valence-corrected chi connectivity index (χ2v) is 6.62. The maximum atomic E-state index is 11.7. The molecule has 1 aromatic heterocycles. The molecule has 0 spiro atoms. The minimum absolute atomic E-state index is 0.0879. The number of phenols is 1. The summed E-state index contributed by atoms with van der Waals surface area (Å²) < 4.78 is 5.17. The van der Waals surface area contributed by atoms with Crippen LogP contribution in [0.4, 0.5) is 0 Å². The molecule has 24 heavy (non-hydrogen) atoms. The Bertz CT molecular complexity index is 1100. The smallest absolute Gasteiger partial charge is 0.336 e. The number of thioether (sulfide) groups is 1. The first-order chi connectivity index (χ1) is 11.7. The Morgan fingerprint density at radius 2 is 1.75 bits per heavy atom. The van der Waals surface area contributed by atoms with Crippen LogP contribution in [0.25, 0.3) is 21.7 Å². The van der Waals surface area contributed by atoms with Crippen molar-refractivity contribution in [1.82, 2.24) is 0 Å². The summed E-state index contributed by atoms with van der Waals surface area (Å²) in [6.45, 7) is 0. The highest BCUT2D eigenvalue weighted by molar-refractivity contribution is 7.98. The second-order valence-electron chi connectivity index (χ2n) is 5.57. The van der Waals surface area contributed by atoms with Gasteiger partial charge in [-0.25, -0.2) is 4.79 Å². The number of hydrogen-bond acceptors (Lipinski definition) is 4. The van der Waals surface area contributed by atoms with Crippen LogP contribution in [0.5, 0.6) is 5.75 Å². The van der Waals surface area contributed by atoms with E-state index in [-0.39, 0.29) is 5.75 Å². The fraction of sp³-hybridized carbons (Fsp3) is 0.0500. The van der Waals surface area contributed by atoms with Gasteiger partial charge in [0, 0.05) is 28.2 Å². The molecule has 0 aliphatic rings. The molecular formula is C20H14O3S. The van der Waals surface area contributed by atoms with Crippen molar-refractivity contribution in [2.45, 2.75) is 10.6 Å². The van der Waals surface area contributed by atoms with Crippen molar-refractivity contribution in [1.29, 1.82) is 0 Å². The van der Waals surface area contributed by atoms with Crippen molar-refractivity contribution in [2.24, 2.45) is 0 Å². The van der Waals surface area contributed by atoms with Crippen LogP contribution < -0.4 is 5.63 Å². The Morgan fingerprint density at radius 1 is 0.917 bits per heavy atom. The highest BCUT2D eigenvalue weighted by Gasteiger charge is 2.07. The van der Waals surface area contributed by atoms with Gasteiger partial charge >= 0.3 is 5.63 Å². The summed E-state index contributed by atoms with van der Waals surface area (Å²) >= 11 is 1.67. The third-order valence-corrected chi connectivity index (χ3v) is 4.97. The van der Waals surface area contributed by atoms with Crippen LogP contribution in [0.3, 0.4) is 0 Å². The quantitative estimate of drug-likeness (QED) is 0.426. The lowest BCUT2D eigenvalue weighted by Gasteiger charge is -2.07. The molecule has 0 atom stereocenters. The average Bonchev–Trinajstić information content (AvgIpc) is 2.59. The first-order valence-corrected chi connectivity index (χ1v) is 8.55. The van der Waals surface area contributed by atoms with Gasteiger partial charge in [0.2, 0.25) is 0 Å². The van der Waals surface area contributed by atoms with E-state index < -0.39 is 5.63 Å². The SMILES string of the molecule is O=c1cc(CSc2ccc3ccccc3c2)c2ccc(O)cc2o1. The molecular weight excluding hydrogens is 320 g/mol. The van der Waals surface area contributed by atoms with Gasteiger partial charge in [-0.15, -0.1) is 11.8 Å². The highest BCUT2D eigenvalue weighted by atomic mass is 32.2. The molecule has 0 radical (unpaired) electrons. The van der Waals surface area contributed by atoms with Gasteiger partial charge < -0.3 is 9.52 Å². The van der Waals surface area contributed by atoms with Crippen LogP contribution in [0.2, 0.25) is 0 Å². The van der Waals surface area contributed by atoms with Gasteiger partial charge in [-0.2, -0.15) is 0 Å². The fourth-order valence-corrected chi connectivity index (χ4v) is 3.69. The maximum Gasteiger partial charge on any atom is 0.336 e. The maximum absolute atomic E-state index is 11.7. The molecule has 118 valence electrons. The molecule has 1 N–H and O–H groups in total. The van der Waals surface area contributed by atoms with Gasteiger partial charge in [0.25, 0.3) is 0 Å². The number of benzene rings is 3. The van der Waals surface area contributed by atoms with E-state index in [1.165, 1.54) is 22.9 Å². The van der Waals surface area contributed by atoms with Crippen molar-refractivity contribution in [2.75, 3.05) is 0 Å². The standard InChI is InChI=1S/C20H14O3S/c21-16-6-8-18-15(10-20(22)23-19(18)11-16)12-24-17-7-5-13-3-1-2-4-14(13)9-17/h1-11,21H,12H2. The van der Waals surface area contributed by atoms with Gasteiger partial charge in [0.1, 0.15) is 11.3 Å². The van der Waals surface area contributed by atoms with Crippen LogP contribution in [0.15, 0.2) is 80.8 Å². The zero-order chi connectivity index (χ0) is 16.5. The van der Waals surface area contributed by atoms with Gasteiger partial charge in [-0.05, 0) is 40.6 Å². The molecule has 0 saturated heterocycles. The van der Waals surface area contributed by atoms with Crippen LogP contribution in [0.1, 0.15) is 5.56 Å². The van der Waals surface area contributed by atoms with Gasteiger partial charge in [0.05, 0.1) is 0 Å². The van der Waals surface area contributed by atoms with E-state index >= 15 is 0 Å². The predicted molar refractivity (Wildman–Crippen MR) is 97.7 cm³/mol. The number of aromatic hydroxyl groups is 1. The van der Waals surface area contributed by atoms with Crippen molar-refractivity contribution in [3.63, 3.8) is 0 Å². The Balaban J connectivity index is 1.67. The highest BCUT2D eigenvalue weighted by Crippen LogP contribution is 2.29. The van der Waals surface area contributed by atoms with E-state index in [0.717, 1.165) is 15.8 Å². The average molecular weight is 334 g/mol. The van der Waals surface area contributed by atoms with E-state index in [1.54, 1.807) is 23.9 Å². The molecule has 0 aliphatic carbocycles. The summed E-state index contributed by atoms with van der Waals surface area (Å²) in [5.74, 6) is 0.746. The monoisotopic (exact) mass is 334 g/mol. The predicted octanol–water partition coefficient (Wildman–Crippen LogP) is 4.94. The zero-order valence-corrected chi connectivity index (χ0v) is 13.5. The third kappa shape index (κ3) is 2.88. The lowest BCUT2D eigenvalue weighted by Crippen LogP contribution is -1.99. The Kier molecular flexibility index (Phi) is 3.75. The molecule has 0 unspecified atom stereocenters. The van der Waals surface area contributed by atoms with Crippen molar-refractivity contribution >= 4 is 33.5 Å². The molecule has 4 rings (SSSR count). The molecule has 1 heterocycles. The number of fused-ring (bicyclic) bond motifs is 2. The largest absolute Gasteiger partial charge is 0.508 e. The van der Waals surface area contributed by atoms with E-state index in [2.05, 4.69) is 30.3 Å². The molecule has 0 bridgehead atoms. The molecule has 4 aromatic rings. The topological polar surface area (TPSA) is 50.4 Å². The van der Waals surface area contributed by atoms with Crippen molar-refractivity contribution in [3.8, 4) is 5.75 Å². The van der Waals surface area contributed by atoms with E-state index in [0.29, 0.717) is 11.3 Å². The first-order valence-electron chi connectivity index (χ1n) is 7.56. The lowest BCUT2D eigenvalue weighted by atomic mass is 10.1. The number of hydrogen-bond donors (Lipinski definition) is 1. The summed E-state index contributed by atoms with van der Waals surface area (Å²) in [4.78, 5) is 12.9. The van der Waals surface area contributed by atoms with Crippen molar-refractivity contribution < 1.29 is 9.52 Å². The number of rotatable bonds is 3. The van der Waals surface area contributed by atoms with Crippen LogP contribution >= 0.6 is 11.8 Å². The summed E-state index contributed by atoms with van der Waals surface area (Å²) in [6, 6.07) is 21.0. The molecule has 3 aromatic carbocycles. The summed E-state index contributed by atoms with van der Waals surface area (Å²) in [7, 11) is 0. The van der Waals surface area contributed by atoms with Gasteiger partial charge in [-0.3, -0.25) is 0 Å². The normalized spacial score (nSPS) is 11.2. The Labute approximate surface area is 142 Å². The summed E-state index contributed by atoms with van der Waals surface area (Å²) in [6.07, 6.45) is 0. The molecule has 0 amide bonds. The fourth-order valence-electron chi connectivity index (χ4n) is 2.76. The third-order valence-electron chi connectivity index (χ3n) is 3.93. The van der Waals surface area contributed by atoms with Crippen LogP contribution in [0, 0.1) is 0 Å². The summed E-state index contributed by atoms with van der Waals surface area (Å²) in [5, 5.41) is 12.8. The van der Waals surface area contributed by atoms with E-state index in [4.69, 9.17) is 4.42 Å². The van der Waals surface area contributed by atoms with Gasteiger partial charge in [0.15, 0.2) is 0 Å². The molecule has 0 aliphatic heterocycles. The second kappa shape index (κ2) is 6.06. The lowest BCUT2D eigenvalue weighted by molar-refractivity contribution is 0.473. The zero-order valence-electron chi connectivity index (χ0n) is 12.7. The molecule has 0 saturated carbocycles. The Hall–Kier alpha value is -2.72. The Morgan fingerprint density at radius 3 is 2.62 bits per heavy atom. The summed E-state index contributed by atoms with van der Waals surface area (Å²) in [5.41, 5.74) is 0.915. The minimum Gasteiger partial charge on any atom is -0.508 e. The minimum atomic E-state index is -0.401. The number of phenolic OH excluding ortho intramolecular Hbond substituents is 1. The molecule has 4 heteroatoms. The van der Waals surface area contributed by atoms with Crippen LogP contribution in [-0.2, 0) is 5.75 Å². The van der Waals surface area contributed by atoms with Gasteiger partial charge in [-0.1, -0.05) is 30.3 Å². The molecule has 0 fully saturated rings. The molecule has 3 nitrogen and oxygen atoms in total. The van der Waals surface area contributed by atoms with Crippen LogP contribution in [-0.4, -0.2) is 5.11 Å². The van der Waals surface area contributed by atoms with E-state index in [9.17, 15) is 9.90 Å². The van der Waals surface area contributed by atoms with Crippen molar-refractivity contribution in [3.05, 3.63) is 82.7 Å². The van der Waals surface area contributed by atoms with E-state index in [1.807, 2.05) is 12.1 Å².